The highest BCUT2D eigenvalue weighted by Crippen LogP contribution is 2.52. The van der Waals surface area contributed by atoms with Crippen molar-refractivity contribution in [3.05, 3.63) is 35.4 Å². The van der Waals surface area contributed by atoms with Crippen molar-refractivity contribution in [2.75, 3.05) is 26.2 Å². The molecule has 3 N–H and O–H groups in total. The lowest BCUT2D eigenvalue weighted by molar-refractivity contribution is -0.0755. The number of piperidine rings is 1. The van der Waals surface area contributed by atoms with Crippen LogP contribution in [0.15, 0.2) is 24.3 Å². The van der Waals surface area contributed by atoms with E-state index in [0.717, 1.165) is 25.9 Å². The molecule has 0 bridgehead atoms. The minimum Gasteiger partial charge on any atom is -0.390 e. The van der Waals surface area contributed by atoms with Gasteiger partial charge in [0, 0.05) is 18.5 Å². The van der Waals surface area contributed by atoms with E-state index in [0.29, 0.717) is 13.1 Å². The van der Waals surface area contributed by atoms with Gasteiger partial charge >= 0.3 is 0 Å². The molecule has 0 aromatic heterocycles. The predicted molar refractivity (Wildman–Crippen MR) is 76.6 cm³/mol. The first-order valence-electron chi connectivity index (χ1n) is 7.63. The summed E-state index contributed by atoms with van der Waals surface area (Å²) in [6, 6.07) is 8.56. The number of nitrogens with one attached hydrogen (secondary N) is 1. The molecule has 4 nitrogen and oxygen atoms in total. The van der Waals surface area contributed by atoms with Crippen molar-refractivity contribution in [3.63, 3.8) is 0 Å². The van der Waals surface area contributed by atoms with Gasteiger partial charge in [-0.25, -0.2) is 0 Å². The number of benzene rings is 1. The molecule has 0 amide bonds. The van der Waals surface area contributed by atoms with Crippen molar-refractivity contribution in [1.29, 1.82) is 0 Å². The Morgan fingerprint density at radius 2 is 1.80 bits per heavy atom. The summed E-state index contributed by atoms with van der Waals surface area (Å²) in [5.74, 6) is 0. The third kappa shape index (κ3) is 1.62. The quantitative estimate of drug-likeness (QED) is 0.694. The Hall–Kier alpha value is -0.940. The highest BCUT2D eigenvalue weighted by molar-refractivity contribution is 5.45. The lowest BCUT2D eigenvalue weighted by Crippen LogP contribution is -2.56. The molecule has 2 atom stereocenters. The Balaban J connectivity index is 1.76. The maximum atomic E-state index is 11.1. The van der Waals surface area contributed by atoms with Crippen LogP contribution < -0.4 is 5.32 Å². The maximum Gasteiger partial charge on any atom is 0.0834 e. The molecule has 2 heterocycles. The average Bonchev–Trinajstić information content (AvgIpc) is 2.67. The van der Waals surface area contributed by atoms with Gasteiger partial charge in [-0.3, -0.25) is 4.90 Å². The predicted octanol–water partition coefficient (Wildman–Crippen LogP) is 0.400. The third-order valence-electron chi connectivity index (χ3n) is 5.46. The van der Waals surface area contributed by atoms with E-state index in [1.807, 2.05) is 0 Å². The second-order valence-corrected chi connectivity index (χ2v) is 6.49. The van der Waals surface area contributed by atoms with E-state index < -0.39 is 0 Å². The van der Waals surface area contributed by atoms with Gasteiger partial charge in [-0.1, -0.05) is 24.3 Å². The molecule has 1 aromatic rings. The fourth-order valence-electron chi connectivity index (χ4n) is 4.39. The van der Waals surface area contributed by atoms with Crippen LogP contribution in [0.4, 0.5) is 0 Å². The van der Waals surface area contributed by atoms with E-state index in [2.05, 4.69) is 34.5 Å². The van der Waals surface area contributed by atoms with Gasteiger partial charge in [-0.05, 0) is 37.1 Å². The standard InChI is InChI=1S/C16H22N2O2/c19-11-9-18(10-11)14-12-3-1-2-4-13(12)16(15(14)20)5-7-17-8-6-16/h1-4,11,14-15,17,19-20H,5-10H2/t14-,15+/m1/s1. The van der Waals surface area contributed by atoms with Gasteiger partial charge in [0.2, 0.25) is 0 Å². The van der Waals surface area contributed by atoms with Crippen LogP contribution in [0, 0.1) is 0 Å². The molecule has 0 saturated carbocycles. The summed E-state index contributed by atoms with van der Waals surface area (Å²) in [7, 11) is 0. The Morgan fingerprint density at radius 3 is 2.50 bits per heavy atom. The summed E-state index contributed by atoms with van der Waals surface area (Å²) in [4.78, 5) is 2.23. The lowest BCUT2D eigenvalue weighted by Gasteiger charge is -2.45. The summed E-state index contributed by atoms with van der Waals surface area (Å²) >= 11 is 0. The number of rotatable bonds is 1. The van der Waals surface area contributed by atoms with Crippen LogP contribution in [-0.4, -0.2) is 53.5 Å². The molecule has 4 rings (SSSR count). The van der Waals surface area contributed by atoms with E-state index >= 15 is 0 Å². The highest BCUT2D eigenvalue weighted by Gasteiger charge is 2.54. The molecule has 2 fully saturated rings. The van der Waals surface area contributed by atoms with Gasteiger partial charge in [0.25, 0.3) is 0 Å². The number of fused-ring (bicyclic) bond motifs is 2. The van der Waals surface area contributed by atoms with Gasteiger partial charge in [0.1, 0.15) is 0 Å². The van der Waals surface area contributed by atoms with Crippen LogP contribution >= 0.6 is 0 Å². The fraction of sp³-hybridized carbons (Fsp3) is 0.625. The van der Waals surface area contributed by atoms with Gasteiger partial charge in [-0.15, -0.1) is 0 Å². The third-order valence-corrected chi connectivity index (χ3v) is 5.46. The van der Waals surface area contributed by atoms with Gasteiger partial charge in [0.05, 0.1) is 18.2 Å². The molecule has 108 valence electrons. The lowest BCUT2D eigenvalue weighted by atomic mass is 9.72. The van der Waals surface area contributed by atoms with Crippen molar-refractivity contribution in [1.82, 2.24) is 10.2 Å². The van der Waals surface area contributed by atoms with Gasteiger partial charge < -0.3 is 15.5 Å². The summed E-state index contributed by atoms with van der Waals surface area (Å²) in [6.07, 6.45) is 1.42. The van der Waals surface area contributed by atoms with Crippen LogP contribution in [0.5, 0.6) is 0 Å². The Morgan fingerprint density at radius 1 is 1.10 bits per heavy atom. The van der Waals surface area contributed by atoms with E-state index in [-0.39, 0.29) is 23.7 Å². The number of hydrogen-bond donors (Lipinski definition) is 3. The van der Waals surface area contributed by atoms with Crippen molar-refractivity contribution < 1.29 is 10.2 Å². The first-order valence-corrected chi connectivity index (χ1v) is 7.63. The van der Waals surface area contributed by atoms with E-state index in [1.165, 1.54) is 11.1 Å². The molecule has 1 aliphatic carbocycles. The van der Waals surface area contributed by atoms with Crippen molar-refractivity contribution in [3.8, 4) is 0 Å². The maximum absolute atomic E-state index is 11.1. The first kappa shape index (κ1) is 12.8. The topological polar surface area (TPSA) is 55.7 Å². The van der Waals surface area contributed by atoms with Crippen molar-refractivity contribution >= 4 is 0 Å². The van der Waals surface area contributed by atoms with Crippen molar-refractivity contribution in [2.24, 2.45) is 0 Å². The normalized spacial score (nSPS) is 33.1. The summed E-state index contributed by atoms with van der Waals surface area (Å²) in [6.45, 7) is 3.32. The molecular weight excluding hydrogens is 252 g/mol. The number of aliphatic hydroxyl groups excluding tert-OH is 2. The van der Waals surface area contributed by atoms with Crippen LogP contribution in [0.3, 0.4) is 0 Å². The molecule has 2 saturated heterocycles. The summed E-state index contributed by atoms with van der Waals surface area (Å²) < 4.78 is 0. The summed E-state index contributed by atoms with van der Waals surface area (Å²) in [5, 5.41) is 24.0. The molecule has 3 aliphatic rings. The fourth-order valence-corrected chi connectivity index (χ4v) is 4.39. The molecule has 20 heavy (non-hydrogen) atoms. The first-order chi connectivity index (χ1) is 9.72. The van der Waals surface area contributed by atoms with E-state index in [9.17, 15) is 10.2 Å². The van der Waals surface area contributed by atoms with E-state index in [1.54, 1.807) is 0 Å². The average molecular weight is 274 g/mol. The van der Waals surface area contributed by atoms with E-state index in [4.69, 9.17) is 0 Å². The van der Waals surface area contributed by atoms with Crippen molar-refractivity contribution in [2.45, 2.75) is 36.5 Å². The Labute approximate surface area is 119 Å². The summed E-state index contributed by atoms with van der Waals surface area (Å²) in [5.41, 5.74) is 2.52. The zero-order valence-electron chi connectivity index (χ0n) is 11.6. The molecular formula is C16H22N2O2. The zero-order valence-corrected chi connectivity index (χ0v) is 11.6. The molecule has 1 spiro atoms. The Kier molecular flexibility index (Phi) is 2.89. The minimum atomic E-state index is -0.352. The zero-order chi connectivity index (χ0) is 13.7. The van der Waals surface area contributed by atoms with Crippen LogP contribution in [-0.2, 0) is 5.41 Å². The van der Waals surface area contributed by atoms with Crippen LogP contribution in [0.25, 0.3) is 0 Å². The minimum absolute atomic E-state index is 0.0627. The SMILES string of the molecule is OC1CN([C@@H]2c3ccccc3C3(CCNCC3)[C@H]2O)C1. The largest absolute Gasteiger partial charge is 0.390 e. The van der Waals surface area contributed by atoms with Crippen LogP contribution in [0.2, 0.25) is 0 Å². The number of likely N-dealkylation sites (tertiary alicyclic amines) is 1. The second kappa shape index (κ2) is 4.53. The van der Waals surface area contributed by atoms with Gasteiger partial charge in [0.15, 0.2) is 0 Å². The van der Waals surface area contributed by atoms with Gasteiger partial charge in [-0.2, -0.15) is 0 Å². The molecule has 0 unspecified atom stereocenters. The number of hydrogen-bond acceptors (Lipinski definition) is 4. The molecule has 2 aliphatic heterocycles. The number of nitrogens with zero attached hydrogens (tertiary/aromatic N) is 1. The molecule has 1 aromatic carbocycles. The number of β-amino-alcohol motifs (C(OH)–C–C–N with tert-alkyl or cyclic N) is 1. The molecule has 4 heteroatoms. The monoisotopic (exact) mass is 274 g/mol. The second-order valence-electron chi connectivity index (χ2n) is 6.49. The number of aliphatic hydroxyl groups is 2. The smallest absolute Gasteiger partial charge is 0.0834 e. The molecule has 0 radical (unpaired) electrons. The van der Waals surface area contributed by atoms with Crippen LogP contribution in [0.1, 0.15) is 30.0 Å². The Bertz CT molecular complexity index is 507. The highest BCUT2D eigenvalue weighted by atomic mass is 16.3.